The van der Waals surface area contributed by atoms with E-state index in [0.29, 0.717) is 63.3 Å². The van der Waals surface area contributed by atoms with Gasteiger partial charge in [0.05, 0.1) is 69.0 Å². The molecule has 0 unspecified atom stereocenters. The van der Waals surface area contributed by atoms with Crippen molar-refractivity contribution in [2.45, 2.75) is 20.0 Å². The molecule has 0 atom stereocenters. The second-order valence-electron chi connectivity index (χ2n) is 11.3. The van der Waals surface area contributed by atoms with Crippen LogP contribution in [-0.4, -0.2) is 104 Å². The summed E-state index contributed by atoms with van der Waals surface area (Å²) < 4.78 is 42.2. The van der Waals surface area contributed by atoms with Crippen LogP contribution in [0.3, 0.4) is 0 Å². The number of carbonyl (C=O) groups excluding carboxylic acids is 3. The minimum atomic E-state index is -3.15. The topological polar surface area (TPSA) is 159 Å². The third-order valence-electron chi connectivity index (χ3n) is 7.13. The molecule has 0 saturated carbocycles. The van der Waals surface area contributed by atoms with Crippen molar-refractivity contribution in [3.05, 3.63) is 128 Å². The molecule has 0 aromatic heterocycles. The van der Waals surface area contributed by atoms with Gasteiger partial charge in [0.1, 0.15) is 11.5 Å². The van der Waals surface area contributed by atoms with Crippen LogP contribution >= 0.6 is 30.8 Å². The number of methoxy groups -OCH3 is 4. The van der Waals surface area contributed by atoms with E-state index in [1.807, 2.05) is 36.4 Å². The predicted octanol–water partition coefficient (Wildman–Crippen LogP) is 4.70. The molecule has 3 N–H and O–H groups in total. The quantitative estimate of drug-likeness (QED) is 0.0616. The molecule has 21 heteroatoms. The molecule has 59 heavy (non-hydrogen) atoms. The molecule has 0 spiro atoms. The van der Waals surface area contributed by atoms with E-state index in [0.717, 1.165) is 11.1 Å². The van der Waals surface area contributed by atoms with Crippen LogP contribution < -0.4 is 45.2 Å². The van der Waals surface area contributed by atoms with Gasteiger partial charge in [0, 0.05) is 49.3 Å². The summed E-state index contributed by atoms with van der Waals surface area (Å²) in [7, 11) is 22.5. The average molecular weight is 866 g/mol. The molecule has 0 aliphatic heterocycles. The van der Waals surface area contributed by atoms with E-state index in [2.05, 4.69) is 4.74 Å². The monoisotopic (exact) mass is 865 g/mol. The zero-order valence-electron chi connectivity index (χ0n) is 35.4. The zero-order chi connectivity index (χ0) is 43.0. The van der Waals surface area contributed by atoms with Crippen molar-refractivity contribution < 1.29 is 77.9 Å². The van der Waals surface area contributed by atoms with E-state index in [9.17, 15) is 18.9 Å². The maximum Gasteiger partial charge on any atom is 1.00 e. The Morgan fingerprint density at radius 2 is 1.15 bits per heavy atom. The number of hydrogen-bond acceptors (Lipinski definition) is 11. The van der Waals surface area contributed by atoms with Crippen LogP contribution in [0, 0.1) is 0 Å². The first-order valence-electron chi connectivity index (χ1n) is 17.2. The smallest absolute Gasteiger partial charge is 1.00 e. The minimum Gasteiger partial charge on any atom is -1.00 e. The number of rotatable bonds is 14. The number of hydrogen-bond donors (Lipinski definition) is 1. The van der Waals surface area contributed by atoms with E-state index >= 15 is 0 Å². The maximum atomic E-state index is 12.4. The summed E-state index contributed by atoms with van der Waals surface area (Å²) in [6, 6.07) is 24.3. The Morgan fingerprint density at radius 3 is 1.56 bits per heavy atom. The van der Waals surface area contributed by atoms with Crippen LogP contribution in [0.4, 0.5) is 0 Å². The van der Waals surface area contributed by atoms with Crippen LogP contribution in [0.15, 0.2) is 84.9 Å². The number of carbonyl (C=O) groups is 3. The molecule has 4 aromatic carbocycles. The summed E-state index contributed by atoms with van der Waals surface area (Å²) in [6.45, 7) is 4.15. The average Bonchev–Trinajstić information content (AvgIpc) is 3.20. The molecular formula is C38H45B6Cl2NNaO10P. The summed E-state index contributed by atoms with van der Waals surface area (Å²) in [4.78, 5) is 33.2. The number of esters is 2. The molecule has 0 aliphatic carbocycles. The Labute approximate surface area is 387 Å². The second-order valence-corrected chi connectivity index (χ2v) is 14.2. The molecule has 8 radical (unpaired) electrons. The molecule has 11 nitrogen and oxygen atoms in total. The molecule has 4 rings (SSSR count). The van der Waals surface area contributed by atoms with E-state index in [1.54, 1.807) is 88.7 Å². The first-order valence-corrected chi connectivity index (χ1v) is 19.6. The molecule has 300 valence electrons. The summed E-state index contributed by atoms with van der Waals surface area (Å²) >= 11 is 11.9. The standard InChI is InChI=1S/C17H15ClO3.C13H19O5P.C8H7ClO2.B6.H3N.Na.H/c1-20-15-9-8-13(16(18)11-15)7-6-12-4-3-5-14(10-12)17(19)21-2;1-4-17-19(15,18-5-2)10-11-7-6-8-12(9-11)13(14)16-3;1-11-7-3-2-6(5-10)8(9)4-7;1-5(2)6(3)4;;;/h3-11H,1-2H3;6-9H,4-5,10H2,1-3H3;2-5H,1H3;;1H3;;/q;;;;;+1;-1/b7-6+;;;;;;. The normalized spacial score (nSPS) is 9.90. The van der Waals surface area contributed by atoms with Crippen LogP contribution in [0.25, 0.3) is 12.2 Å². The molecule has 0 heterocycles. The Bertz CT molecular complexity index is 1960. The maximum absolute atomic E-state index is 12.4. The molecule has 0 bridgehead atoms. The van der Waals surface area contributed by atoms with Crippen LogP contribution in [0.5, 0.6) is 11.5 Å². The van der Waals surface area contributed by atoms with E-state index in [1.165, 1.54) is 14.2 Å². The first kappa shape index (κ1) is 58.0. The second kappa shape index (κ2) is 31.7. The first-order chi connectivity index (χ1) is 27.1. The van der Waals surface area contributed by atoms with Crippen molar-refractivity contribution in [3.63, 3.8) is 0 Å². The predicted molar refractivity (Wildman–Crippen MR) is 241 cm³/mol. The fourth-order valence-corrected chi connectivity index (χ4v) is 6.37. The van der Waals surface area contributed by atoms with Crippen molar-refractivity contribution in [2.75, 3.05) is 41.7 Å². The van der Waals surface area contributed by atoms with Crippen molar-refractivity contribution in [1.29, 1.82) is 0 Å². The fourth-order valence-electron chi connectivity index (χ4n) is 4.23. The molecule has 4 aromatic rings. The zero-order valence-corrected chi connectivity index (χ0v) is 38.8. The molecule has 0 amide bonds. The number of ether oxygens (including phenoxy) is 4. The van der Waals surface area contributed by atoms with E-state index < -0.39 is 26.3 Å². The van der Waals surface area contributed by atoms with Crippen LogP contribution in [0.1, 0.15) is 63.0 Å². The molecule has 0 aliphatic rings. The van der Waals surface area contributed by atoms with Gasteiger partial charge >= 0.3 is 49.1 Å². The summed E-state index contributed by atoms with van der Waals surface area (Å²) in [6.07, 6.45) is 3.44. The number of benzene rings is 4. The van der Waals surface area contributed by atoms with Crippen LogP contribution in [-0.2, 0) is 29.2 Å². The van der Waals surface area contributed by atoms with Gasteiger partial charge in [-0.25, -0.2) is 9.59 Å². The SMILES string of the molecule is CCOP(=O)(Cc1cccc(C(=O)OC)c1)OCC.COC(=O)c1cccc(/C=C/c2ccc(OC)cc2Cl)c1.COc1ccc(C=O)c(Cl)c1.N.[B]B([B])B([B])[B].[H-].[Na+]. The summed E-state index contributed by atoms with van der Waals surface area (Å²) in [5.41, 5.74) is 3.89. The Kier molecular flexibility index (Phi) is 31.2. The van der Waals surface area contributed by atoms with Gasteiger partial charge in [-0.2, -0.15) is 0 Å². The third kappa shape index (κ3) is 22.4. The largest absolute Gasteiger partial charge is 1.00 e. The van der Waals surface area contributed by atoms with E-state index in [-0.39, 0.29) is 49.3 Å². The summed E-state index contributed by atoms with van der Waals surface area (Å²) in [5, 5.41) is 1.02. The van der Waals surface area contributed by atoms with Crippen molar-refractivity contribution in [1.82, 2.24) is 6.15 Å². The van der Waals surface area contributed by atoms with Crippen molar-refractivity contribution in [2.24, 2.45) is 0 Å². The minimum absolute atomic E-state index is 0. The Hall–Kier alpha value is -3.09. The van der Waals surface area contributed by atoms with Gasteiger partial charge in [-0.15, -0.1) is 0 Å². The van der Waals surface area contributed by atoms with Gasteiger partial charge in [0.25, 0.3) is 0 Å². The number of halogens is 2. The van der Waals surface area contributed by atoms with E-state index in [4.69, 9.17) is 77.4 Å². The Morgan fingerprint density at radius 1 is 0.695 bits per heavy atom. The summed E-state index contributed by atoms with van der Waals surface area (Å²) in [5.74, 6) is 0.586. The van der Waals surface area contributed by atoms with Gasteiger partial charge in [0.15, 0.2) is 6.29 Å². The molecule has 0 fully saturated rings. The van der Waals surface area contributed by atoms with Crippen molar-refractivity contribution >= 4 is 105 Å². The van der Waals surface area contributed by atoms with Gasteiger partial charge < -0.3 is 35.6 Å². The fraction of sp³-hybridized carbons (Fsp3) is 0.237. The Balaban J connectivity index is -0.000000766. The van der Waals surface area contributed by atoms with Gasteiger partial charge in [0.2, 0.25) is 0 Å². The van der Waals surface area contributed by atoms with Crippen molar-refractivity contribution in [3.8, 4) is 11.5 Å². The van der Waals surface area contributed by atoms with Gasteiger partial charge in [-0.1, -0.05) is 59.6 Å². The molecule has 0 saturated heterocycles. The number of aldehydes is 1. The van der Waals surface area contributed by atoms with Crippen LogP contribution in [0.2, 0.25) is 10.0 Å². The van der Waals surface area contributed by atoms with Gasteiger partial charge in [-0.3, -0.25) is 9.36 Å². The third-order valence-corrected chi connectivity index (χ3v) is 9.84. The van der Waals surface area contributed by atoms with Gasteiger partial charge in [-0.05, 0) is 91.2 Å². The molecular weight excluding hydrogens is 820 g/mol.